The number of carbonyl (C=O) groups is 1. The molecule has 1 N–H and O–H groups in total. The molecule has 0 fully saturated rings. The number of anilines is 1. The smallest absolute Gasteiger partial charge is 0.234 e. The van der Waals surface area contributed by atoms with Crippen LogP contribution < -0.4 is 5.32 Å². The molecule has 2 heterocycles. The van der Waals surface area contributed by atoms with E-state index in [0.29, 0.717) is 5.75 Å². The Hall–Kier alpha value is -2.12. The summed E-state index contributed by atoms with van der Waals surface area (Å²) in [6.45, 7) is 6.91. The molecule has 1 aromatic carbocycles. The summed E-state index contributed by atoms with van der Waals surface area (Å²) in [7, 11) is 0. The number of carbonyl (C=O) groups excluding carboxylic acids is 1. The van der Waals surface area contributed by atoms with Crippen molar-refractivity contribution in [2.75, 3.05) is 11.1 Å². The maximum Gasteiger partial charge on any atom is 0.234 e. The van der Waals surface area contributed by atoms with E-state index in [-0.39, 0.29) is 5.91 Å². The Kier molecular flexibility index (Phi) is 5.55. The molecule has 0 atom stereocenters. The van der Waals surface area contributed by atoms with E-state index < -0.39 is 0 Å². The molecule has 3 rings (SSSR count). The van der Waals surface area contributed by atoms with Crippen LogP contribution in [0.3, 0.4) is 0 Å². The van der Waals surface area contributed by atoms with Gasteiger partial charge in [0.15, 0.2) is 11.0 Å². The molecule has 0 aliphatic heterocycles. The second-order valence-electron chi connectivity index (χ2n) is 5.66. The number of hydrogen-bond donors (Lipinski definition) is 1. The maximum absolute atomic E-state index is 12.2. The average molecular weight is 373 g/mol. The van der Waals surface area contributed by atoms with Crippen molar-refractivity contribution in [1.82, 2.24) is 14.8 Å². The first kappa shape index (κ1) is 17.7. The molecule has 0 spiro atoms. The van der Waals surface area contributed by atoms with Gasteiger partial charge in [0.05, 0.1) is 10.6 Å². The number of amides is 1. The van der Waals surface area contributed by atoms with E-state index >= 15 is 0 Å². The van der Waals surface area contributed by atoms with Crippen molar-refractivity contribution in [1.29, 1.82) is 0 Å². The van der Waals surface area contributed by atoms with Gasteiger partial charge < -0.3 is 9.88 Å². The molecule has 7 heteroatoms. The van der Waals surface area contributed by atoms with Crippen LogP contribution in [0.1, 0.15) is 18.1 Å². The predicted octanol–water partition coefficient (Wildman–Crippen LogP) is 4.37. The zero-order chi connectivity index (χ0) is 17.8. The Balaban J connectivity index is 1.65. The van der Waals surface area contributed by atoms with Crippen LogP contribution in [0.25, 0.3) is 10.7 Å². The maximum atomic E-state index is 12.2. The summed E-state index contributed by atoms with van der Waals surface area (Å²) < 4.78 is 2.04. The van der Waals surface area contributed by atoms with E-state index in [4.69, 9.17) is 0 Å². The SMILES string of the molecule is CCn1c(SCC(=O)Nc2ccc(C)c(C)c2)nnc1-c1cccs1. The van der Waals surface area contributed by atoms with Crippen LogP contribution in [0.2, 0.25) is 0 Å². The van der Waals surface area contributed by atoms with E-state index in [2.05, 4.69) is 29.4 Å². The molecule has 3 aromatic rings. The van der Waals surface area contributed by atoms with Gasteiger partial charge in [-0.05, 0) is 55.5 Å². The zero-order valence-electron chi connectivity index (χ0n) is 14.4. The second-order valence-corrected chi connectivity index (χ2v) is 7.55. The lowest BCUT2D eigenvalue weighted by Crippen LogP contribution is -2.14. The van der Waals surface area contributed by atoms with Gasteiger partial charge in [-0.1, -0.05) is 23.9 Å². The molecule has 2 aromatic heterocycles. The monoisotopic (exact) mass is 372 g/mol. The number of hydrogen-bond acceptors (Lipinski definition) is 5. The van der Waals surface area contributed by atoms with Crippen LogP contribution in [0.15, 0.2) is 40.9 Å². The number of benzene rings is 1. The van der Waals surface area contributed by atoms with Crippen molar-refractivity contribution in [3.8, 4) is 10.7 Å². The molecular formula is C18H20N4OS2. The molecular weight excluding hydrogens is 352 g/mol. The van der Waals surface area contributed by atoms with Crippen molar-refractivity contribution >= 4 is 34.7 Å². The Labute approximate surface area is 155 Å². The van der Waals surface area contributed by atoms with E-state index in [1.165, 1.54) is 17.3 Å². The fraction of sp³-hybridized carbons (Fsp3) is 0.278. The van der Waals surface area contributed by atoms with Gasteiger partial charge in [-0.15, -0.1) is 21.5 Å². The summed E-state index contributed by atoms with van der Waals surface area (Å²) in [6.07, 6.45) is 0. The first-order valence-corrected chi connectivity index (χ1v) is 9.92. The normalized spacial score (nSPS) is 10.8. The lowest BCUT2D eigenvalue weighted by molar-refractivity contribution is -0.113. The van der Waals surface area contributed by atoms with Crippen LogP contribution >= 0.6 is 23.1 Å². The third kappa shape index (κ3) is 4.11. The summed E-state index contributed by atoms with van der Waals surface area (Å²) >= 11 is 3.04. The highest BCUT2D eigenvalue weighted by molar-refractivity contribution is 7.99. The van der Waals surface area contributed by atoms with Gasteiger partial charge in [0.25, 0.3) is 0 Å². The molecule has 0 saturated heterocycles. The first-order valence-electron chi connectivity index (χ1n) is 8.05. The highest BCUT2D eigenvalue weighted by Gasteiger charge is 2.15. The molecule has 0 radical (unpaired) electrons. The number of aromatic nitrogens is 3. The quantitative estimate of drug-likeness (QED) is 0.653. The van der Waals surface area contributed by atoms with E-state index in [0.717, 1.165) is 33.7 Å². The van der Waals surface area contributed by atoms with Crippen LogP contribution in [0.4, 0.5) is 5.69 Å². The average Bonchev–Trinajstić information content (AvgIpc) is 3.24. The summed E-state index contributed by atoms with van der Waals surface area (Å²) in [5, 5.41) is 14.3. The van der Waals surface area contributed by atoms with Crippen LogP contribution in [0.5, 0.6) is 0 Å². The Morgan fingerprint density at radius 3 is 2.76 bits per heavy atom. The van der Waals surface area contributed by atoms with E-state index in [1.807, 2.05) is 47.2 Å². The number of rotatable bonds is 6. The molecule has 0 aliphatic rings. The summed E-state index contributed by atoms with van der Waals surface area (Å²) in [4.78, 5) is 13.3. The second kappa shape index (κ2) is 7.84. The minimum atomic E-state index is -0.0448. The Morgan fingerprint density at radius 2 is 2.08 bits per heavy atom. The van der Waals surface area contributed by atoms with Crippen molar-refractivity contribution in [2.45, 2.75) is 32.5 Å². The molecule has 0 bridgehead atoms. The molecule has 0 saturated carbocycles. The van der Waals surface area contributed by atoms with Gasteiger partial charge >= 0.3 is 0 Å². The molecule has 25 heavy (non-hydrogen) atoms. The molecule has 5 nitrogen and oxygen atoms in total. The van der Waals surface area contributed by atoms with Gasteiger partial charge in [0.1, 0.15) is 0 Å². The highest BCUT2D eigenvalue weighted by atomic mass is 32.2. The summed E-state index contributed by atoms with van der Waals surface area (Å²) in [6, 6.07) is 9.95. The number of nitrogens with zero attached hydrogens (tertiary/aromatic N) is 3. The van der Waals surface area contributed by atoms with Crippen molar-refractivity contribution in [3.63, 3.8) is 0 Å². The number of aryl methyl sites for hydroxylation is 2. The summed E-state index contributed by atoms with van der Waals surface area (Å²) in [5.41, 5.74) is 3.20. The van der Waals surface area contributed by atoms with Crippen molar-refractivity contribution < 1.29 is 4.79 Å². The molecule has 130 valence electrons. The van der Waals surface area contributed by atoms with E-state index in [1.54, 1.807) is 11.3 Å². The lowest BCUT2D eigenvalue weighted by atomic mass is 10.1. The van der Waals surface area contributed by atoms with Crippen LogP contribution in [-0.2, 0) is 11.3 Å². The van der Waals surface area contributed by atoms with Gasteiger partial charge in [-0.25, -0.2) is 0 Å². The largest absolute Gasteiger partial charge is 0.325 e. The zero-order valence-corrected chi connectivity index (χ0v) is 16.1. The molecule has 0 aliphatic carbocycles. The number of thiophene rings is 1. The molecule has 0 unspecified atom stereocenters. The van der Waals surface area contributed by atoms with Crippen molar-refractivity contribution in [3.05, 3.63) is 46.8 Å². The number of nitrogens with one attached hydrogen (secondary N) is 1. The standard InChI is InChI=1S/C18H20N4OS2/c1-4-22-17(15-6-5-9-24-15)20-21-18(22)25-11-16(23)19-14-8-7-12(2)13(3)10-14/h5-10H,4,11H2,1-3H3,(H,19,23). The summed E-state index contributed by atoms with van der Waals surface area (Å²) in [5.74, 6) is 1.11. The van der Waals surface area contributed by atoms with Crippen LogP contribution in [0, 0.1) is 13.8 Å². The first-order chi connectivity index (χ1) is 12.1. The fourth-order valence-electron chi connectivity index (χ4n) is 2.41. The minimum Gasteiger partial charge on any atom is -0.325 e. The third-order valence-corrected chi connectivity index (χ3v) is 5.73. The molecule has 1 amide bonds. The Morgan fingerprint density at radius 1 is 1.24 bits per heavy atom. The Bertz CT molecular complexity index is 871. The number of thioether (sulfide) groups is 1. The minimum absolute atomic E-state index is 0.0448. The lowest BCUT2D eigenvalue weighted by Gasteiger charge is -2.08. The van der Waals surface area contributed by atoms with Crippen molar-refractivity contribution in [2.24, 2.45) is 0 Å². The van der Waals surface area contributed by atoms with Gasteiger partial charge in [0.2, 0.25) is 5.91 Å². The fourth-order valence-corrected chi connectivity index (χ4v) is 3.93. The van der Waals surface area contributed by atoms with Gasteiger partial charge in [-0.2, -0.15) is 0 Å². The van der Waals surface area contributed by atoms with Gasteiger partial charge in [0, 0.05) is 12.2 Å². The van der Waals surface area contributed by atoms with E-state index in [9.17, 15) is 4.79 Å². The topological polar surface area (TPSA) is 59.8 Å². The van der Waals surface area contributed by atoms with Crippen LogP contribution in [-0.4, -0.2) is 26.4 Å². The highest BCUT2D eigenvalue weighted by Crippen LogP contribution is 2.27. The predicted molar refractivity (Wildman–Crippen MR) is 104 cm³/mol. The third-order valence-electron chi connectivity index (χ3n) is 3.90. The van der Waals surface area contributed by atoms with Gasteiger partial charge in [-0.3, -0.25) is 4.79 Å².